The maximum absolute atomic E-state index is 9.77. The predicted molar refractivity (Wildman–Crippen MR) is 68.2 cm³/mol. The summed E-state index contributed by atoms with van der Waals surface area (Å²) < 4.78 is 0. The quantitative estimate of drug-likeness (QED) is 0.801. The van der Waals surface area contributed by atoms with Gasteiger partial charge in [0.15, 0.2) is 0 Å². The van der Waals surface area contributed by atoms with Crippen molar-refractivity contribution in [1.29, 1.82) is 0 Å². The Morgan fingerprint density at radius 1 is 1.35 bits per heavy atom. The molecule has 0 amide bonds. The van der Waals surface area contributed by atoms with Crippen LogP contribution in [0.4, 0.5) is 11.5 Å². The van der Waals surface area contributed by atoms with Gasteiger partial charge in [-0.25, -0.2) is 4.98 Å². The first-order chi connectivity index (χ1) is 8.15. The van der Waals surface area contributed by atoms with Crippen LogP contribution in [-0.2, 0) is 0 Å². The molecule has 0 aliphatic carbocycles. The summed E-state index contributed by atoms with van der Waals surface area (Å²) in [5, 5.41) is 10.4. The smallest absolute Gasteiger partial charge is 0.148 e. The van der Waals surface area contributed by atoms with Gasteiger partial charge in [0.25, 0.3) is 0 Å². The summed E-state index contributed by atoms with van der Waals surface area (Å²) in [4.78, 5) is 6.63. The second-order valence-corrected chi connectivity index (χ2v) is 5.40. The third kappa shape index (κ3) is 1.85. The van der Waals surface area contributed by atoms with Crippen molar-refractivity contribution in [2.75, 3.05) is 10.6 Å². The molecule has 2 bridgehead atoms. The summed E-state index contributed by atoms with van der Waals surface area (Å²) in [7, 11) is 0. The molecule has 0 aromatic carbocycles. The molecule has 3 rings (SSSR count). The van der Waals surface area contributed by atoms with Gasteiger partial charge in [-0.3, -0.25) is 0 Å². The van der Waals surface area contributed by atoms with Crippen molar-refractivity contribution in [1.82, 2.24) is 4.98 Å². The van der Waals surface area contributed by atoms with E-state index in [1.54, 1.807) is 12.3 Å². The highest BCUT2D eigenvalue weighted by Crippen LogP contribution is 2.41. The topological polar surface area (TPSA) is 62.4 Å². The van der Waals surface area contributed by atoms with Crippen LogP contribution >= 0.6 is 11.6 Å². The first kappa shape index (κ1) is 11.1. The number of nitrogens with zero attached hydrogens (tertiary/aromatic N) is 2. The number of anilines is 2. The van der Waals surface area contributed by atoms with Gasteiger partial charge in [-0.05, 0) is 31.7 Å². The van der Waals surface area contributed by atoms with E-state index in [9.17, 15) is 5.11 Å². The summed E-state index contributed by atoms with van der Waals surface area (Å²) in [5.74, 6) is 0.820. The summed E-state index contributed by atoms with van der Waals surface area (Å²) in [6.45, 7) is 0. The Kier molecular flexibility index (Phi) is 2.64. The summed E-state index contributed by atoms with van der Waals surface area (Å²) >= 11 is 6.21. The first-order valence-electron chi connectivity index (χ1n) is 6.02. The van der Waals surface area contributed by atoms with Gasteiger partial charge in [-0.2, -0.15) is 0 Å². The van der Waals surface area contributed by atoms with Gasteiger partial charge < -0.3 is 15.7 Å². The fourth-order valence-electron chi connectivity index (χ4n) is 3.13. The molecule has 5 heteroatoms. The molecule has 2 fully saturated rings. The van der Waals surface area contributed by atoms with Crippen molar-refractivity contribution < 1.29 is 5.11 Å². The summed E-state index contributed by atoms with van der Waals surface area (Å²) in [6, 6.07) is 2.49. The molecule has 17 heavy (non-hydrogen) atoms. The van der Waals surface area contributed by atoms with E-state index in [0.717, 1.165) is 31.5 Å². The average molecular weight is 254 g/mol. The third-order valence-electron chi connectivity index (χ3n) is 3.80. The van der Waals surface area contributed by atoms with Gasteiger partial charge in [0.1, 0.15) is 5.82 Å². The number of nitrogen functional groups attached to an aromatic ring is 1. The molecule has 1 aromatic rings. The summed E-state index contributed by atoms with van der Waals surface area (Å²) in [6.07, 6.45) is 5.34. The van der Waals surface area contributed by atoms with E-state index >= 15 is 0 Å². The van der Waals surface area contributed by atoms with E-state index in [4.69, 9.17) is 17.3 Å². The lowest BCUT2D eigenvalue weighted by molar-refractivity contribution is 0.126. The van der Waals surface area contributed by atoms with Crippen molar-refractivity contribution in [3.8, 4) is 0 Å². The maximum atomic E-state index is 9.77. The van der Waals surface area contributed by atoms with Crippen molar-refractivity contribution in [3.63, 3.8) is 0 Å². The number of hydrogen-bond acceptors (Lipinski definition) is 4. The second kappa shape index (κ2) is 4.03. The van der Waals surface area contributed by atoms with Gasteiger partial charge >= 0.3 is 0 Å². The number of aromatic nitrogens is 1. The SMILES string of the molecule is Nc1cnc(N2C3CCC2CC(O)C3)c(Cl)c1. The van der Waals surface area contributed by atoms with E-state index in [0.29, 0.717) is 22.8 Å². The highest BCUT2D eigenvalue weighted by Gasteiger charge is 2.41. The molecule has 1 aromatic heterocycles. The molecule has 2 aliphatic heterocycles. The molecule has 0 spiro atoms. The van der Waals surface area contributed by atoms with E-state index < -0.39 is 0 Å². The van der Waals surface area contributed by atoms with Crippen LogP contribution in [0.15, 0.2) is 12.3 Å². The third-order valence-corrected chi connectivity index (χ3v) is 4.07. The van der Waals surface area contributed by atoms with Crippen LogP contribution < -0.4 is 10.6 Å². The largest absolute Gasteiger partial charge is 0.397 e. The van der Waals surface area contributed by atoms with Crippen LogP contribution in [0, 0.1) is 0 Å². The molecule has 92 valence electrons. The first-order valence-corrected chi connectivity index (χ1v) is 6.40. The number of rotatable bonds is 1. The molecule has 0 saturated carbocycles. The Bertz CT molecular complexity index is 426. The fraction of sp³-hybridized carbons (Fsp3) is 0.583. The van der Waals surface area contributed by atoms with Crippen molar-refractivity contribution >= 4 is 23.1 Å². The van der Waals surface area contributed by atoms with Crippen molar-refractivity contribution in [2.45, 2.75) is 43.9 Å². The van der Waals surface area contributed by atoms with E-state index in [2.05, 4.69) is 9.88 Å². The van der Waals surface area contributed by atoms with Gasteiger partial charge in [0, 0.05) is 12.1 Å². The van der Waals surface area contributed by atoms with Gasteiger partial charge in [-0.15, -0.1) is 0 Å². The van der Waals surface area contributed by atoms with Gasteiger partial charge in [0.05, 0.1) is 23.0 Å². The standard InChI is InChI=1S/C12H16ClN3O/c13-11-3-7(14)6-15-12(11)16-8-1-2-9(16)5-10(17)4-8/h3,6,8-10,17H,1-2,4-5,14H2. The zero-order valence-electron chi connectivity index (χ0n) is 9.51. The molecule has 2 unspecified atom stereocenters. The zero-order valence-corrected chi connectivity index (χ0v) is 10.3. The van der Waals surface area contributed by atoms with E-state index in [-0.39, 0.29) is 6.10 Å². The highest BCUT2D eigenvalue weighted by molar-refractivity contribution is 6.33. The normalized spacial score (nSPS) is 31.9. The van der Waals surface area contributed by atoms with Crippen molar-refractivity contribution in [2.24, 2.45) is 0 Å². The Hall–Kier alpha value is -1.00. The Labute approximate surface area is 105 Å². The number of hydrogen-bond donors (Lipinski definition) is 2. The number of piperidine rings is 1. The molecule has 2 aliphatic rings. The lowest BCUT2D eigenvalue weighted by atomic mass is 10.00. The second-order valence-electron chi connectivity index (χ2n) is 4.99. The number of aliphatic hydroxyl groups excluding tert-OH is 1. The molecule has 3 N–H and O–H groups in total. The van der Waals surface area contributed by atoms with Gasteiger partial charge in [0.2, 0.25) is 0 Å². The van der Waals surface area contributed by atoms with Crippen LogP contribution in [0.2, 0.25) is 5.02 Å². The fourth-order valence-corrected chi connectivity index (χ4v) is 3.40. The van der Waals surface area contributed by atoms with Crippen LogP contribution in [0.3, 0.4) is 0 Å². The molecule has 0 radical (unpaired) electrons. The molecule has 2 saturated heterocycles. The minimum Gasteiger partial charge on any atom is -0.397 e. The molecular weight excluding hydrogens is 238 g/mol. The van der Waals surface area contributed by atoms with Crippen molar-refractivity contribution in [3.05, 3.63) is 17.3 Å². The number of halogens is 1. The molecular formula is C12H16ClN3O. The number of pyridine rings is 1. The number of fused-ring (bicyclic) bond motifs is 2. The van der Waals surface area contributed by atoms with Gasteiger partial charge in [-0.1, -0.05) is 11.6 Å². The van der Waals surface area contributed by atoms with Crippen LogP contribution in [0.1, 0.15) is 25.7 Å². The lowest BCUT2D eigenvalue weighted by Crippen LogP contribution is -2.45. The monoisotopic (exact) mass is 253 g/mol. The lowest BCUT2D eigenvalue weighted by Gasteiger charge is -2.38. The van der Waals surface area contributed by atoms with Crippen LogP contribution in [-0.4, -0.2) is 28.3 Å². The predicted octanol–water partition coefficient (Wildman–Crippen LogP) is 1.81. The maximum Gasteiger partial charge on any atom is 0.148 e. The Morgan fingerprint density at radius 3 is 2.59 bits per heavy atom. The number of nitrogens with two attached hydrogens (primary N) is 1. The van der Waals surface area contributed by atoms with E-state index in [1.807, 2.05) is 0 Å². The Balaban J connectivity index is 1.94. The molecule has 3 heterocycles. The highest BCUT2D eigenvalue weighted by atomic mass is 35.5. The van der Waals surface area contributed by atoms with Crippen LogP contribution in [0.5, 0.6) is 0 Å². The minimum absolute atomic E-state index is 0.170. The molecule has 4 nitrogen and oxygen atoms in total. The Morgan fingerprint density at radius 2 is 2.00 bits per heavy atom. The minimum atomic E-state index is -0.170. The summed E-state index contributed by atoms with van der Waals surface area (Å²) in [5.41, 5.74) is 6.24. The van der Waals surface area contributed by atoms with Crippen LogP contribution in [0.25, 0.3) is 0 Å². The zero-order chi connectivity index (χ0) is 12.0. The average Bonchev–Trinajstić information content (AvgIpc) is 2.53. The molecule has 2 atom stereocenters. The number of aliphatic hydroxyl groups is 1. The van der Waals surface area contributed by atoms with E-state index in [1.165, 1.54) is 0 Å².